The van der Waals surface area contributed by atoms with Crippen LogP contribution in [0.15, 0.2) is 24.3 Å². The normalized spacial score (nSPS) is 22.5. The highest BCUT2D eigenvalue weighted by molar-refractivity contribution is 6.03. The van der Waals surface area contributed by atoms with Crippen LogP contribution < -0.4 is 11.1 Å². The molecule has 0 spiro atoms. The molecule has 0 saturated carbocycles. The quantitative estimate of drug-likeness (QED) is 0.789. The number of aliphatic hydroxyl groups is 1. The summed E-state index contributed by atoms with van der Waals surface area (Å²) in [4.78, 5) is 12.4. The van der Waals surface area contributed by atoms with Gasteiger partial charge < -0.3 is 16.2 Å². The summed E-state index contributed by atoms with van der Waals surface area (Å²) in [5, 5.41) is 17.2. The van der Waals surface area contributed by atoms with E-state index in [0.29, 0.717) is 5.69 Å². The van der Waals surface area contributed by atoms with Gasteiger partial charge in [0.05, 0.1) is 11.8 Å². The molecule has 6 heteroatoms. The molecule has 6 nitrogen and oxygen atoms in total. The second-order valence-corrected chi connectivity index (χ2v) is 6.35. The van der Waals surface area contributed by atoms with Crippen LogP contribution in [0.1, 0.15) is 58.7 Å². The summed E-state index contributed by atoms with van der Waals surface area (Å²) in [5.41, 5.74) is 10.2. The first-order valence-corrected chi connectivity index (χ1v) is 8.07. The summed E-state index contributed by atoms with van der Waals surface area (Å²) < 4.78 is 1.73. The molecule has 23 heavy (non-hydrogen) atoms. The van der Waals surface area contributed by atoms with E-state index in [2.05, 4.69) is 10.4 Å². The average Bonchev–Trinajstić information content (AvgIpc) is 3.12. The standard InChI is InChI=1S/C17H20N4O2/c18-13-6-3-10-8-11(4-5-12(10)13)19-17(23)14-9-15-16(22)2-1-7-21(15)20-14/h4-5,8-9,13,16,22H,1-3,6-7,18H2,(H,19,23)/t13-,16?/m0/s1. The minimum atomic E-state index is -0.528. The van der Waals surface area contributed by atoms with Crippen LogP contribution in [-0.4, -0.2) is 20.8 Å². The van der Waals surface area contributed by atoms with Crippen LogP contribution in [0.2, 0.25) is 0 Å². The lowest BCUT2D eigenvalue weighted by Gasteiger charge is -2.18. The van der Waals surface area contributed by atoms with Gasteiger partial charge in [-0.05, 0) is 55.0 Å². The van der Waals surface area contributed by atoms with Crippen LogP contribution in [-0.2, 0) is 13.0 Å². The third-order valence-corrected chi connectivity index (χ3v) is 4.76. The van der Waals surface area contributed by atoms with Crippen LogP contribution in [0, 0.1) is 0 Å². The number of fused-ring (bicyclic) bond motifs is 2. The maximum absolute atomic E-state index is 12.4. The molecule has 4 N–H and O–H groups in total. The summed E-state index contributed by atoms with van der Waals surface area (Å²) in [5.74, 6) is -0.249. The van der Waals surface area contributed by atoms with Gasteiger partial charge >= 0.3 is 0 Å². The molecular weight excluding hydrogens is 292 g/mol. The summed E-state index contributed by atoms with van der Waals surface area (Å²) in [6.07, 6.45) is 2.97. The Kier molecular flexibility index (Phi) is 3.43. The molecule has 1 unspecified atom stereocenters. The van der Waals surface area contributed by atoms with Gasteiger partial charge in [-0.25, -0.2) is 0 Å². The second kappa shape index (κ2) is 5.47. The zero-order valence-electron chi connectivity index (χ0n) is 12.8. The highest BCUT2D eigenvalue weighted by Crippen LogP contribution is 2.31. The smallest absolute Gasteiger partial charge is 0.276 e. The highest BCUT2D eigenvalue weighted by atomic mass is 16.3. The number of anilines is 1. The second-order valence-electron chi connectivity index (χ2n) is 6.35. The number of rotatable bonds is 2. The first-order valence-electron chi connectivity index (χ1n) is 8.07. The Bertz CT molecular complexity index is 768. The Hall–Kier alpha value is -2.18. The molecule has 1 aliphatic heterocycles. The van der Waals surface area contributed by atoms with E-state index in [1.54, 1.807) is 10.7 Å². The number of aliphatic hydroxyl groups excluding tert-OH is 1. The van der Waals surface area contributed by atoms with Crippen LogP contribution in [0.4, 0.5) is 5.69 Å². The number of aryl methyl sites for hydroxylation is 2. The molecule has 2 heterocycles. The Morgan fingerprint density at radius 2 is 2.22 bits per heavy atom. The van der Waals surface area contributed by atoms with Crippen LogP contribution in [0.25, 0.3) is 0 Å². The van der Waals surface area contributed by atoms with E-state index in [-0.39, 0.29) is 11.9 Å². The predicted molar refractivity (Wildman–Crippen MR) is 86.1 cm³/mol. The van der Waals surface area contributed by atoms with E-state index in [4.69, 9.17) is 5.73 Å². The van der Waals surface area contributed by atoms with Gasteiger partial charge in [-0.3, -0.25) is 9.48 Å². The van der Waals surface area contributed by atoms with Gasteiger partial charge in [0.1, 0.15) is 0 Å². The Morgan fingerprint density at radius 1 is 1.35 bits per heavy atom. The van der Waals surface area contributed by atoms with Crippen molar-refractivity contribution in [3.8, 4) is 0 Å². The third kappa shape index (κ3) is 2.54. The van der Waals surface area contributed by atoms with Crippen LogP contribution in [0.5, 0.6) is 0 Å². The molecule has 1 amide bonds. The van der Waals surface area contributed by atoms with Gasteiger partial charge in [0.25, 0.3) is 5.91 Å². The van der Waals surface area contributed by atoms with E-state index in [1.165, 1.54) is 11.1 Å². The molecule has 2 aromatic rings. The maximum Gasteiger partial charge on any atom is 0.276 e. The van der Waals surface area contributed by atoms with Crippen LogP contribution >= 0.6 is 0 Å². The fourth-order valence-corrected chi connectivity index (χ4v) is 3.50. The first kappa shape index (κ1) is 14.4. The molecule has 0 radical (unpaired) electrons. The molecule has 2 atom stereocenters. The molecule has 0 fully saturated rings. The van der Waals surface area contributed by atoms with Crippen LogP contribution in [0.3, 0.4) is 0 Å². The number of carbonyl (C=O) groups is 1. The van der Waals surface area contributed by atoms with Crippen molar-refractivity contribution in [1.29, 1.82) is 0 Å². The van der Waals surface area contributed by atoms with Crippen molar-refractivity contribution in [2.24, 2.45) is 5.73 Å². The number of hydrogen-bond acceptors (Lipinski definition) is 4. The van der Waals surface area contributed by atoms with Crippen molar-refractivity contribution in [1.82, 2.24) is 9.78 Å². The number of benzene rings is 1. The van der Waals surface area contributed by atoms with E-state index in [0.717, 1.165) is 43.6 Å². The molecular formula is C17H20N4O2. The van der Waals surface area contributed by atoms with Crippen molar-refractivity contribution in [2.75, 3.05) is 5.32 Å². The average molecular weight is 312 g/mol. The number of hydrogen-bond donors (Lipinski definition) is 3. The molecule has 120 valence electrons. The molecule has 1 aromatic heterocycles. The number of carbonyl (C=O) groups excluding carboxylic acids is 1. The fourth-order valence-electron chi connectivity index (χ4n) is 3.50. The number of nitrogens with one attached hydrogen (secondary N) is 1. The Labute approximate surface area is 134 Å². The van der Waals surface area contributed by atoms with E-state index < -0.39 is 6.10 Å². The predicted octanol–water partition coefficient (Wildman–Crippen LogP) is 1.91. The lowest BCUT2D eigenvalue weighted by atomic mass is 10.1. The third-order valence-electron chi connectivity index (χ3n) is 4.76. The van der Waals surface area contributed by atoms with Gasteiger partial charge in [0, 0.05) is 18.3 Å². The zero-order chi connectivity index (χ0) is 16.0. The minimum Gasteiger partial charge on any atom is -0.387 e. The van der Waals surface area contributed by atoms with Gasteiger partial charge in [-0.2, -0.15) is 5.10 Å². The van der Waals surface area contributed by atoms with Gasteiger partial charge in [-0.1, -0.05) is 6.07 Å². The fraction of sp³-hybridized carbons (Fsp3) is 0.412. The zero-order valence-corrected chi connectivity index (χ0v) is 12.8. The lowest BCUT2D eigenvalue weighted by Crippen LogP contribution is -2.16. The maximum atomic E-state index is 12.4. The van der Waals surface area contributed by atoms with E-state index in [1.807, 2.05) is 18.2 Å². The number of aromatic nitrogens is 2. The van der Waals surface area contributed by atoms with Crippen molar-refractivity contribution in [3.63, 3.8) is 0 Å². The number of amides is 1. The molecule has 0 saturated heterocycles. The summed E-state index contributed by atoms with van der Waals surface area (Å²) >= 11 is 0. The van der Waals surface area contributed by atoms with Gasteiger partial charge in [0.2, 0.25) is 0 Å². The van der Waals surface area contributed by atoms with Gasteiger partial charge in [0.15, 0.2) is 5.69 Å². The number of nitrogens with zero attached hydrogens (tertiary/aromatic N) is 2. The molecule has 2 aliphatic rings. The molecule has 1 aliphatic carbocycles. The molecule has 0 bridgehead atoms. The first-order chi connectivity index (χ1) is 11.1. The van der Waals surface area contributed by atoms with E-state index >= 15 is 0 Å². The van der Waals surface area contributed by atoms with Crippen molar-refractivity contribution >= 4 is 11.6 Å². The Morgan fingerprint density at radius 3 is 3.04 bits per heavy atom. The number of nitrogens with two attached hydrogens (primary N) is 1. The Balaban J connectivity index is 1.54. The summed E-state index contributed by atoms with van der Waals surface area (Å²) in [6, 6.07) is 7.65. The topological polar surface area (TPSA) is 93.2 Å². The van der Waals surface area contributed by atoms with Crippen molar-refractivity contribution in [3.05, 3.63) is 46.8 Å². The van der Waals surface area contributed by atoms with Gasteiger partial charge in [-0.15, -0.1) is 0 Å². The van der Waals surface area contributed by atoms with E-state index in [9.17, 15) is 9.90 Å². The lowest BCUT2D eigenvalue weighted by molar-refractivity contribution is 0.102. The van der Waals surface area contributed by atoms with Crippen molar-refractivity contribution < 1.29 is 9.90 Å². The largest absolute Gasteiger partial charge is 0.387 e. The summed E-state index contributed by atoms with van der Waals surface area (Å²) in [6.45, 7) is 0.746. The van der Waals surface area contributed by atoms with Crippen molar-refractivity contribution in [2.45, 2.75) is 44.4 Å². The summed E-state index contributed by atoms with van der Waals surface area (Å²) in [7, 11) is 0. The SMILES string of the molecule is N[C@H]1CCc2cc(NC(=O)c3cc4n(n3)CCCC4O)ccc21. The molecule has 1 aromatic carbocycles. The minimum absolute atomic E-state index is 0.108. The monoisotopic (exact) mass is 312 g/mol. The molecule has 4 rings (SSSR count). The highest BCUT2D eigenvalue weighted by Gasteiger charge is 2.23.